The quantitative estimate of drug-likeness (QED) is 0.723. The van der Waals surface area contributed by atoms with Crippen LogP contribution in [0.15, 0.2) is 23.1 Å². The van der Waals surface area contributed by atoms with Crippen LogP contribution in [0.4, 0.5) is 5.69 Å². The van der Waals surface area contributed by atoms with E-state index in [9.17, 15) is 5.11 Å². The lowest BCUT2D eigenvalue weighted by Crippen LogP contribution is -2.32. The Kier molecular flexibility index (Phi) is 2.71. The molecular weight excluding hydrogens is 297 g/mol. The van der Waals surface area contributed by atoms with Gasteiger partial charge < -0.3 is 10.4 Å². The van der Waals surface area contributed by atoms with Crippen molar-refractivity contribution in [1.82, 2.24) is 0 Å². The molecule has 1 aromatic rings. The lowest BCUT2D eigenvalue weighted by molar-refractivity contribution is 0.203. The van der Waals surface area contributed by atoms with Gasteiger partial charge in [-0.1, -0.05) is 0 Å². The summed E-state index contributed by atoms with van der Waals surface area (Å²) in [6, 6.07) is 6.23. The van der Waals surface area contributed by atoms with Crippen LogP contribution in [-0.4, -0.2) is 16.6 Å². The number of fused-ring (bicyclic) bond motifs is 1. The van der Waals surface area contributed by atoms with E-state index in [1.54, 1.807) is 11.8 Å². The molecule has 0 spiro atoms. The highest BCUT2D eigenvalue weighted by Crippen LogP contribution is 2.37. The third-order valence-corrected chi connectivity index (χ3v) is 3.91. The molecule has 0 radical (unpaired) electrons. The van der Waals surface area contributed by atoms with Crippen molar-refractivity contribution < 1.29 is 5.11 Å². The van der Waals surface area contributed by atoms with Crippen molar-refractivity contribution in [3.8, 4) is 0 Å². The van der Waals surface area contributed by atoms with Crippen LogP contribution in [0, 0.1) is 3.57 Å². The molecule has 0 amide bonds. The summed E-state index contributed by atoms with van der Waals surface area (Å²) in [5.41, 5.74) is 1.04. The summed E-state index contributed by atoms with van der Waals surface area (Å²) in [5, 5.41) is 12.9. The largest absolute Gasteiger partial charge is 0.373 e. The van der Waals surface area contributed by atoms with Gasteiger partial charge in [-0.2, -0.15) is 0 Å². The van der Waals surface area contributed by atoms with Gasteiger partial charge in [0.15, 0.2) is 0 Å². The SMILES string of the molecule is CC1Sc2ccc(I)cc2NC1O. The molecule has 1 aromatic carbocycles. The third-order valence-electron chi connectivity index (χ3n) is 2.00. The van der Waals surface area contributed by atoms with Crippen LogP contribution in [0.2, 0.25) is 0 Å². The Labute approximate surface area is 95.2 Å². The van der Waals surface area contributed by atoms with E-state index in [4.69, 9.17) is 0 Å². The van der Waals surface area contributed by atoms with Crippen LogP contribution in [0.5, 0.6) is 0 Å². The average Bonchev–Trinajstić information content (AvgIpc) is 2.08. The van der Waals surface area contributed by atoms with Crippen molar-refractivity contribution in [2.24, 2.45) is 0 Å². The standard InChI is InChI=1S/C9H10INOS/c1-5-9(12)11-7-4-6(10)2-3-8(7)13-5/h2-5,9,11-12H,1H3. The number of aliphatic hydroxyl groups excluding tert-OH is 1. The van der Waals surface area contributed by atoms with Gasteiger partial charge in [-0.3, -0.25) is 0 Å². The number of hydrogen-bond acceptors (Lipinski definition) is 3. The fraction of sp³-hybridized carbons (Fsp3) is 0.333. The molecule has 2 rings (SSSR count). The molecule has 2 atom stereocenters. The molecule has 0 saturated carbocycles. The highest BCUT2D eigenvalue weighted by atomic mass is 127. The molecule has 1 heterocycles. The van der Waals surface area contributed by atoms with E-state index in [0.717, 1.165) is 5.69 Å². The molecule has 70 valence electrons. The number of benzene rings is 1. The zero-order chi connectivity index (χ0) is 9.42. The highest BCUT2D eigenvalue weighted by molar-refractivity contribution is 14.1. The fourth-order valence-electron chi connectivity index (χ4n) is 1.26. The first-order chi connectivity index (χ1) is 6.16. The van der Waals surface area contributed by atoms with Gasteiger partial charge in [0.2, 0.25) is 0 Å². The summed E-state index contributed by atoms with van der Waals surface area (Å²) in [7, 11) is 0. The summed E-state index contributed by atoms with van der Waals surface area (Å²) in [6.45, 7) is 2.02. The zero-order valence-electron chi connectivity index (χ0n) is 7.12. The van der Waals surface area contributed by atoms with Crippen molar-refractivity contribution in [2.45, 2.75) is 23.3 Å². The van der Waals surface area contributed by atoms with Crippen LogP contribution in [-0.2, 0) is 0 Å². The Hall–Kier alpha value is 0.0600. The van der Waals surface area contributed by atoms with E-state index in [2.05, 4.69) is 46.1 Å². The number of aliphatic hydroxyl groups is 1. The van der Waals surface area contributed by atoms with Crippen LogP contribution < -0.4 is 5.32 Å². The van der Waals surface area contributed by atoms with Gasteiger partial charge in [0.25, 0.3) is 0 Å². The Morgan fingerprint density at radius 2 is 2.31 bits per heavy atom. The van der Waals surface area contributed by atoms with Crippen LogP contribution >= 0.6 is 34.4 Å². The molecular formula is C9H10INOS. The molecule has 2 unspecified atom stereocenters. The van der Waals surface area contributed by atoms with Crippen LogP contribution in [0.3, 0.4) is 0 Å². The number of hydrogen-bond donors (Lipinski definition) is 2. The van der Waals surface area contributed by atoms with Crippen LogP contribution in [0.25, 0.3) is 0 Å². The molecule has 2 nitrogen and oxygen atoms in total. The Morgan fingerprint density at radius 1 is 1.54 bits per heavy atom. The van der Waals surface area contributed by atoms with E-state index >= 15 is 0 Å². The minimum atomic E-state index is -0.435. The molecule has 0 aromatic heterocycles. The van der Waals surface area contributed by atoms with Crippen molar-refractivity contribution in [3.05, 3.63) is 21.8 Å². The summed E-state index contributed by atoms with van der Waals surface area (Å²) in [5.74, 6) is 0. The third kappa shape index (κ3) is 1.94. The number of thioether (sulfide) groups is 1. The van der Waals surface area contributed by atoms with E-state index in [0.29, 0.717) is 0 Å². The van der Waals surface area contributed by atoms with Gasteiger partial charge in [0.1, 0.15) is 6.23 Å². The van der Waals surface area contributed by atoms with Crippen molar-refractivity contribution in [1.29, 1.82) is 0 Å². The molecule has 0 bridgehead atoms. The predicted molar refractivity (Wildman–Crippen MR) is 64.1 cm³/mol. The first-order valence-electron chi connectivity index (χ1n) is 4.07. The number of rotatable bonds is 0. The van der Waals surface area contributed by atoms with Gasteiger partial charge in [0, 0.05) is 8.47 Å². The maximum absolute atomic E-state index is 9.58. The first-order valence-corrected chi connectivity index (χ1v) is 6.03. The van der Waals surface area contributed by atoms with Crippen LogP contribution in [0.1, 0.15) is 6.92 Å². The smallest absolute Gasteiger partial charge is 0.136 e. The highest BCUT2D eigenvalue weighted by Gasteiger charge is 2.22. The molecule has 0 fully saturated rings. The summed E-state index contributed by atoms with van der Waals surface area (Å²) in [6.07, 6.45) is -0.435. The van der Waals surface area contributed by atoms with Gasteiger partial charge in [0.05, 0.1) is 10.9 Å². The zero-order valence-corrected chi connectivity index (χ0v) is 10.1. The van der Waals surface area contributed by atoms with E-state index in [-0.39, 0.29) is 5.25 Å². The molecule has 0 aliphatic carbocycles. The second kappa shape index (κ2) is 3.67. The van der Waals surface area contributed by atoms with Gasteiger partial charge in [-0.05, 0) is 47.7 Å². The second-order valence-electron chi connectivity index (χ2n) is 3.05. The summed E-state index contributed by atoms with van der Waals surface area (Å²) >= 11 is 3.98. The predicted octanol–water partition coefficient (Wildman–Crippen LogP) is 2.52. The van der Waals surface area contributed by atoms with E-state index in [1.165, 1.54) is 8.47 Å². The monoisotopic (exact) mass is 307 g/mol. The fourth-order valence-corrected chi connectivity index (χ4v) is 2.74. The molecule has 1 aliphatic heterocycles. The first kappa shape index (κ1) is 9.61. The lowest BCUT2D eigenvalue weighted by atomic mass is 10.3. The summed E-state index contributed by atoms with van der Waals surface area (Å²) < 4.78 is 1.19. The summed E-state index contributed by atoms with van der Waals surface area (Å²) in [4.78, 5) is 1.22. The maximum atomic E-state index is 9.58. The molecule has 0 saturated heterocycles. The number of nitrogens with one attached hydrogen (secondary N) is 1. The Bertz CT molecular complexity index is 331. The number of anilines is 1. The van der Waals surface area contributed by atoms with Gasteiger partial charge >= 0.3 is 0 Å². The van der Waals surface area contributed by atoms with Crippen molar-refractivity contribution >= 4 is 40.0 Å². The topological polar surface area (TPSA) is 32.3 Å². The Morgan fingerprint density at radius 3 is 3.08 bits per heavy atom. The van der Waals surface area contributed by atoms with E-state index in [1.807, 2.05) is 6.92 Å². The molecule has 1 aliphatic rings. The second-order valence-corrected chi connectivity index (χ2v) is 5.72. The van der Waals surface area contributed by atoms with Crippen molar-refractivity contribution in [3.63, 3.8) is 0 Å². The maximum Gasteiger partial charge on any atom is 0.136 e. The minimum Gasteiger partial charge on any atom is -0.373 e. The van der Waals surface area contributed by atoms with Gasteiger partial charge in [-0.15, -0.1) is 11.8 Å². The Balaban J connectivity index is 2.37. The normalized spacial score (nSPS) is 26.4. The van der Waals surface area contributed by atoms with E-state index < -0.39 is 6.23 Å². The minimum absolute atomic E-state index is 0.215. The molecule has 13 heavy (non-hydrogen) atoms. The average molecular weight is 307 g/mol. The molecule has 2 N–H and O–H groups in total. The van der Waals surface area contributed by atoms with Gasteiger partial charge in [-0.25, -0.2) is 0 Å². The number of halogens is 1. The molecule has 4 heteroatoms. The lowest BCUT2D eigenvalue weighted by Gasteiger charge is -2.28. The van der Waals surface area contributed by atoms with Crippen molar-refractivity contribution in [2.75, 3.05) is 5.32 Å².